The molecule has 0 radical (unpaired) electrons. The van der Waals surface area contributed by atoms with Gasteiger partial charge < -0.3 is 4.74 Å². The third-order valence-electron chi connectivity index (χ3n) is 2.29. The standard InChI is InChI=1S/C10H13NO2/c1-3-7-5-10(12)13-9(4-2)8(7)6-11/h7H,3-5H2,1-2H3/t7-/m1/s1. The van der Waals surface area contributed by atoms with E-state index in [1.807, 2.05) is 13.8 Å². The van der Waals surface area contributed by atoms with E-state index in [0.29, 0.717) is 24.2 Å². The smallest absolute Gasteiger partial charge is 0.311 e. The van der Waals surface area contributed by atoms with E-state index < -0.39 is 0 Å². The van der Waals surface area contributed by atoms with Gasteiger partial charge in [-0.05, 0) is 6.42 Å². The summed E-state index contributed by atoms with van der Waals surface area (Å²) in [4.78, 5) is 11.1. The number of hydrogen-bond donors (Lipinski definition) is 0. The van der Waals surface area contributed by atoms with Gasteiger partial charge >= 0.3 is 5.97 Å². The first-order chi connectivity index (χ1) is 6.22. The molecule has 1 aliphatic rings. The highest BCUT2D eigenvalue weighted by Crippen LogP contribution is 2.29. The van der Waals surface area contributed by atoms with E-state index in [1.54, 1.807) is 0 Å². The summed E-state index contributed by atoms with van der Waals surface area (Å²) >= 11 is 0. The first-order valence-electron chi connectivity index (χ1n) is 4.56. The topological polar surface area (TPSA) is 50.1 Å². The highest BCUT2D eigenvalue weighted by Gasteiger charge is 2.27. The summed E-state index contributed by atoms with van der Waals surface area (Å²) in [5, 5.41) is 8.88. The second-order valence-electron chi connectivity index (χ2n) is 3.09. The van der Waals surface area contributed by atoms with E-state index in [9.17, 15) is 4.79 Å². The van der Waals surface area contributed by atoms with Crippen molar-refractivity contribution in [1.82, 2.24) is 0 Å². The van der Waals surface area contributed by atoms with Crippen molar-refractivity contribution in [3.63, 3.8) is 0 Å². The van der Waals surface area contributed by atoms with Crippen LogP contribution in [-0.4, -0.2) is 5.97 Å². The van der Waals surface area contributed by atoms with Gasteiger partial charge in [0.15, 0.2) is 0 Å². The molecule has 3 heteroatoms. The normalized spacial score (nSPS) is 22.5. The fourth-order valence-electron chi connectivity index (χ4n) is 1.53. The Balaban J connectivity index is 3.00. The third kappa shape index (κ3) is 1.89. The van der Waals surface area contributed by atoms with Crippen molar-refractivity contribution >= 4 is 5.97 Å². The van der Waals surface area contributed by atoms with Gasteiger partial charge in [-0.2, -0.15) is 5.26 Å². The fourth-order valence-corrected chi connectivity index (χ4v) is 1.53. The zero-order chi connectivity index (χ0) is 9.84. The Morgan fingerprint density at radius 3 is 2.77 bits per heavy atom. The molecule has 0 aromatic heterocycles. The molecule has 70 valence electrons. The number of ether oxygens (including phenoxy) is 1. The predicted octanol–water partition coefficient (Wildman–Crippen LogP) is 2.15. The van der Waals surface area contributed by atoms with Gasteiger partial charge in [-0.1, -0.05) is 13.8 Å². The Bertz CT molecular complexity index is 286. The van der Waals surface area contributed by atoms with Gasteiger partial charge in [0.25, 0.3) is 0 Å². The average molecular weight is 179 g/mol. The molecule has 0 spiro atoms. The summed E-state index contributed by atoms with van der Waals surface area (Å²) in [7, 11) is 0. The number of carbonyl (C=O) groups excluding carboxylic acids is 1. The van der Waals surface area contributed by atoms with E-state index in [1.165, 1.54) is 0 Å². The maximum atomic E-state index is 11.1. The van der Waals surface area contributed by atoms with Crippen LogP contribution < -0.4 is 0 Å². The predicted molar refractivity (Wildman–Crippen MR) is 47.4 cm³/mol. The van der Waals surface area contributed by atoms with Crippen molar-refractivity contribution < 1.29 is 9.53 Å². The summed E-state index contributed by atoms with van der Waals surface area (Å²) in [6.45, 7) is 3.87. The molecule has 0 unspecified atom stereocenters. The highest BCUT2D eigenvalue weighted by molar-refractivity contribution is 5.73. The summed E-state index contributed by atoms with van der Waals surface area (Å²) < 4.78 is 4.99. The van der Waals surface area contributed by atoms with Crippen LogP contribution in [0.25, 0.3) is 0 Å². The Kier molecular flexibility index (Phi) is 3.07. The fraction of sp³-hybridized carbons (Fsp3) is 0.600. The van der Waals surface area contributed by atoms with E-state index in [2.05, 4.69) is 6.07 Å². The van der Waals surface area contributed by atoms with Gasteiger partial charge in [0, 0.05) is 12.3 Å². The zero-order valence-corrected chi connectivity index (χ0v) is 7.96. The van der Waals surface area contributed by atoms with Gasteiger partial charge in [0.2, 0.25) is 0 Å². The minimum atomic E-state index is -0.206. The van der Waals surface area contributed by atoms with Crippen molar-refractivity contribution in [2.24, 2.45) is 5.92 Å². The Morgan fingerprint density at radius 2 is 2.31 bits per heavy atom. The van der Waals surface area contributed by atoms with Crippen LogP contribution in [0.3, 0.4) is 0 Å². The maximum Gasteiger partial charge on any atom is 0.311 e. The van der Waals surface area contributed by atoms with Gasteiger partial charge in [-0.25, -0.2) is 0 Å². The molecule has 0 saturated carbocycles. The summed E-state index contributed by atoms with van der Waals surface area (Å²) in [5.41, 5.74) is 0.657. The number of rotatable bonds is 2. The van der Waals surface area contributed by atoms with Crippen LogP contribution in [-0.2, 0) is 9.53 Å². The molecule has 1 atom stereocenters. The number of carbonyl (C=O) groups is 1. The van der Waals surface area contributed by atoms with Gasteiger partial charge in [0.05, 0.1) is 18.1 Å². The largest absolute Gasteiger partial charge is 0.430 e. The molecular weight excluding hydrogens is 166 g/mol. The van der Waals surface area contributed by atoms with Crippen LogP contribution in [0.2, 0.25) is 0 Å². The van der Waals surface area contributed by atoms with Crippen LogP contribution >= 0.6 is 0 Å². The molecular formula is C10H13NO2. The SMILES string of the molecule is CCC1=C(C#N)[C@H](CC)CC(=O)O1. The first kappa shape index (κ1) is 9.79. The van der Waals surface area contributed by atoms with E-state index in [4.69, 9.17) is 10.00 Å². The van der Waals surface area contributed by atoms with Crippen molar-refractivity contribution in [3.8, 4) is 6.07 Å². The number of nitriles is 1. The number of esters is 1. The Morgan fingerprint density at radius 1 is 1.62 bits per heavy atom. The maximum absolute atomic E-state index is 11.1. The lowest BCUT2D eigenvalue weighted by molar-refractivity contribution is -0.142. The minimum Gasteiger partial charge on any atom is -0.430 e. The van der Waals surface area contributed by atoms with E-state index in [0.717, 1.165) is 6.42 Å². The van der Waals surface area contributed by atoms with Gasteiger partial charge in [-0.15, -0.1) is 0 Å². The van der Waals surface area contributed by atoms with Crippen LogP contribution in [0, 0.1) is 17.2 Å². The molecule has 0 aromatic rings. The summed E-state index contributed by atoms with van der Waals surface area (Å²) in [5.74, 6) is 0.425. The van der Waals surface area contributed by atoms with Crippen molar-refractivity contribution in [2.45, 2.75) is 33.1 Å². The third-order valence-corrected chi connectivity index (χ3v) is 2.29. The highest BCUT2D eigenvalue weighted by atomic mass is 16.5. The number of allylic oxidation sites excluding steroid dienone is 2. The van der Waals surface area contributed by atoms with E-state index in [-0.39, 0.29) is 11.9 Å². The number of cyclic esters (lactones) is 1. The van der Waals surface area contributed by atoms with Crippen LogP contribution in [0.1, 0.15) is 33.1 Å². The lowest BCUT2D eigenvalue weighted by Crippen LogP contribution is -2.20. The Hall–Kier alpha value is -1.30. The number of hydrogen-bond acceptors (Lipinski definition) is 3. The second-order valence-corrected chi connectivity index (χ2v) is 3.09. The van der Waals surface area contributed by atoms with E-state index >= 15 is 0 Å². The molecule has 0 amide bonds. The quantitative estimate of drug-likeness (QED) is 0.610. The van der Waals surface area contributed by atoms with Crippen molar-refractivity contribution in [3.05, 3.63) is 11.3 Å². The molecule has 0 N–H and O–H groups in total. The Labute approximate surface area is 78.0 Å². The minimum absolute atomic E-state index is 0.0706. The molecule has 0 aromatic carbocycles. The van der Waals surface area contributed by atoms with Crippen LogP contribution in [0.4, 0.5) is 0 Å². The number of nitrogens with zero attached hydrogens (tertiary/aromatic N) is 1. The lowest BCUT2D eigenvalue weighted by atomic mass is 9.90. The molecule has 1 heterocycles. The van der Waals surface area contributed by atoms with Gasteiger partial charge in [0.1, 0.15) is 5.76 Å². The molecule has 1 aliphatic heterocycles. The monoisotopic (exact) mass is 179 g/mol. The molecule has 0 saturated heterocycles. The first-order valence-corrected chi connectivity index (χ1v) is 4.56. The van der Waals surface area contributed by atoms with Gasteiger partial charge in [-0.3, -0.25) is 4.79 Å². The lowest BCUT2D eigenvalue weighted by Gasteiger charge is -2.21. The summed E-state index contributed by atoms with van der Waals surface area (Å²) in [6, 6.07) is 2.13. The molecule has 1 rings (SSSR count). The molecule has 13 heavy (non-hydrogen) atoms. The molecule has 0 aliphatic carbocycles. The summed E-state index contributed by atoms with van der Waals surface area (Å²) in [6.07, 6.45) is 1.79. The second kappa shape index (κ2) is 4.08. The zero-order valence-electron chi connectivity index (χ0n) is 7.96. The van der Waals surface area contributed by atoms with Crippen molar-refractivity contribution in [1.29, 1.82) is 5.26 Å². The molecule has 0 fully saturated rings. The molecule has 0 bridgehead atoms. The van der Waals surface area contributed by atoms with Crippen molar-refractivity contribution in [2.75, 3.05) is 0 Å². The van der Waals surface area contributed by atoms with Crippen LogP contribution in [0.5, 0.6) is 0 Å². The molecule has 3 nitrogen and oxygen atoms in total. The van der Waals surface area contributed by atoms with Crippen LogP contribution in [0.15, 0.2) is 11.3 Å². The average Bonchev–Trinajstić information content (AvgIpc) is 2.16.